The van der Waals surface area contributed by atoms with Gasteiger partial charge in [0.1, 0.15) is 25.6 Å². The minimum absolute atomic E-state index is 0.167. The summed E-state index contributed by atoms with van der Waals surface area (Å²) in [6.45, 7) is 1.91. The molecule has 1 atom stereocenters. The summed E-state index contributed by atoms with van der Waals surface area (Å²) < 4.78 is 31.4. The average Bonchev–Trinajstić information content (AvgIpc) is 2.94. The van der Waals surface area contributed by atoms with Crippen LogP contribution in [0.3, 0.4) is 0 Å². The van der Waals surface area contributed by atoms with E-state index in [4.69, 9.17) is 14.2 Å². The van der Waals surface area contributed by atoms with E-state index in [0.29, 0.717) is 41.4 Å². The fourth-order valence-corrected chi connectivity index (χ4v) is 6.27. The molecule has 3 fully saturated rings. The van der Waals surface area contributed by atoms with E-state index < -0.39 is 11.9 Å². The number of fused-ring (bicyclic) bond motifs is 5. The maximum absolute atomic E-state index is 14.9. The highest BCUT2D eigenvalue weighted by molar-refractivity contribution is 5.78. The summed E-state index contributed by atoms with van der Waals surface area (Å²) in [5, 5.41) is 13.8. The highest BCUT2D eigenvalue weighted by Crippen LogP contribution is 2.53. The predicted octanol–water partition coefficient (Wildman–Crippen LogP) is 2.70. The Morgan fingerprint density at radius 1 is 1.06 bits per heavy atom. The van der Waals surface area contributed by atoms with Crippen LogP contribution in [0.2, 0.25) is 0 Å². The van der Waals surface area contributed by atoms with Gasteiger partial charge in [-0.05, 0) is 30.7 Å². The van der Waals surface area contributed by atoms with Crippen LogP contribution in [0.15, 0.2) is 30.6 Å². The van der Waals surface area contributed by atoms with E-state index >= 15 is 0 Å². The molecule has 4 aliphatic rings. The van der Waals surface area contributed by atoms with Crippen LogP contribution in [-0.4, -0.2) is 52.0 Å². The maximum Gasteiger partial charge on any atom is 0.213 e. The summed E-state index contributed by atoms with van der Waals surface area (Å²) in [6, 6.07) is 5.47. The molecule has 3 aromatic rings. The number of hydrogen-bond donors (Lipinski definition) is 2. The molecule has 8 nitrogen and oxygen atoms in total. The van der Waals surface area contributed by atoms with Gasteiger partial charge in [-0.1, -0.05) is 0 Å². The molecule has 0 saturated heterocycles. The van der Waals surface area contributed by atoms with Gasteiger partial charge in [-0.3, -0.25) is 9.97 Å². The molecular weight excluding hydrogens is 463 g/mol. The molecule has 0 unspecified atom stereocenters. The Balaban J connectivity index is 1.13. The quantitative estimate of drug-likeness (QED) is 0.520. The van der Waals surface area contributed by atoms with Crippen LogP contribution in [0.1, 0.15) is 49.8 Å². The largest absolute Gasteiger partial charge is 0.486 e. The van der Waals surface area contributed by atoms with Crippen molar-refractivity contribution in [2.45, 2.75) is 63.1 Å². The van der Waals surface area contributed by atoms with Gasteiger partial charge in [-0.2, -0.15) is 0 Å². The molecule has 0 amide bonds. The zero-order valence-corrected chi connectivity index (χ0v) is 20.5. The lowest BCUT2D eigenvalue weighted by molar-refractivity contribution is -0.750. The smallest absolute Gasteiger partial charge is 0.213 e. The Morgan fingerprint density at radius 3 is 2.56 bits per heavy atom. The number of aliphatic hydroxyl groups is 1. The van der Waals surface area contributed by atoms with Gasteiger partial charge in [-0.25, -0.2) is 9.37 Å². The SMILES string of the molecule is COc1ccc2ncc(F)c(C[C@@H](O)C34CCC([NH2+]Cc5cc6c(cn5)OCCO6)(CC3)CC4)c2n1. The van der Waals surface area contributed by atoms with E-state index in [1.807, 2.05) is 6.07 Å². The monoisotopic (exact) mass is 495 g/mol. The van der Waals surface area contributed by atoms with Crippen LogP contribution in [0.4, 0.5) is 4.39 Å². The molecule has 9 heteroatoms. The zero-order chi connectivity index (χ0) is 24.8. The molecular formula is C27H32FN4O4+. The second kappa shape index (κ2) is 9.12. The lowest BCUT2D eigenvalue weighted by Crippen LogP contribution is -2.97. The van der Waals surface area contributed by atoms with E-state index in [-0.39, 0.29) is 17.4 Å². The van der Waals surface area contributed by atoms with E-state index in [1.54, 1.807) is 18.3 Å². The van der Waals surface area contributed by atoms with Gasteiger partial charge in [0, 0.05) is 43.4 Å². The highest BCUT2D eigenvalue weighted by atomic mass is 19.1. The minimum atomic E-state index is -0.636. The summed E-state index contributed by atoms with van der Waals surface area (Å²) in [4.78, 5) is 13.2. The lowest BCUT2D eigenvalue weighted by Gasteiger charge is -2.53. The van der Waals surface area contributed by atoms with Crippen molar-refractivity contribution in [2.24, 2.45) is 5.41 Å². The van der Waals surface area contributed by atoms with Crippen LogP contribution in [0.5, 0.6) is 17.4 Å². The molecule has 0 aromatic carbocycles. The number of pyridine rings is 3. The predicted molar refractivity (Wildman–Crippen MR) is 129 cm³/mol. The number of quaternary nitrogens is 1. The van der Waals surface area contributed by atoms with Crippen LogP contribution in [0, 0.1) is 11.2 Å². The van der Waals surface area contributed by atoms with Gasteiger partial charge >= 0.3 is 0 Å². The number of aliphatic hydroxyl groups excluding tert-OH is 1. The third-order valence-corrected chi connectivity index (χ3v) is 8.65. The van der Waals surface area contributed by atoms with Crippen LogP contribution < -0.4 is 19.5 Å². The standard InChI is InChI=1S/C27H31FN4O4/c1-34-24-3-2-20-25(32-24)18(19(28)15-30-20)13-23(33)26-4-7-27(8-5-26,9-6-26)31-14-17-12-21-22(16-29-17)36-11-10-35-21/h2-3,12,15-16,23,31,33H,4-11,13-14H2,1H3/p+1/t23-,26?,27?/m1/s1. The summed E-state index contributed by atoms with van der Waals surface area (Å²) in [5.41, 5.74) is 2.45. The molecule has 7 rings (SSSR count). The number of methoxy groups -OCH3 is 1. The fraction of sp³-hybridized carbons (Fsp3) is 0.519. The van der Waals surface area contributed by atoms with Gasteiger partial charge < -0.3 is 24.6 Å². The first-order valence-corrected chi connectivity index (χ1v) is 12.7. The topological polar surface area (TPSA) is 103 Å². The number of hydrogen-bond acceptors (Lipinski definition) is 7. The van der Waals surface area contributed by atoms with Crippen molar-refractivity contribution in [1.82, 2.24) is 15.0 Å². The van der Waals surface area contributed by atoms with Gasteiger partial charge in [0.05, 0.1) is 47.9 Å². The van der Waals surface area contributed by atoms with Gasteiger partial charge in [0.15, 0.2) is 11.5 Å². The first-order chi connectivity index (χ1) is 17.5. The number of nitrogens with zero attached hydrogens (tertiary/aromatic N) is 3. The van der Waals surface area contributed by atoms with E-state index in [9.17, 15) is 9.50 Å². The van der Waals surface area contributed by atoms with E-state index in [0.717, 1.165) is 56.5 Å². The van der Waals surface area contributed by atoms with Crippen molar-refractivity contribution in [1.29, 1.82) is 0 Å². The third kappa shape index (κ3) is 4.14. The maximum atomic E-state index is 14.9. The van der Waals surface area contributed by atoms with E-state index in [1.165, 1.54) is 13.3 Å². The number of ether oxygens (including phenoxy) is 3. The Hall–Kier alpha value is -3.04. The first-order valence-electron chi connectivity index (χ1n) is 12.7. The third-order valence-electron chi connectivity index (χ3n) is 8.65. The zero-order valence-electron chi connectivity index (χ0n) is 20.5. The van der Waals surface area contributed by atoms with Gasteiger partial charge in [-0.15, -0.1) is 0 Å². The summed E-state index contributed by atoms with van der Waals surface area (Å²) in [7, 11) is 1.53. The molecule has 0 radical (unpaired) electrons. The Morgan fingerprint density at radius 2 is 1.81 bits per heavy atom. The molecule has 3 aromatic heterocycles. The van der Waals surface area contributed by atoms with Gasteiger partial charge in [0.2, 0.25) is 5.88 Å². The number of halogens is 1. The van der Waals surface area contributed by atoms with Crippen molar-refractivity contribution in [3.63, 3.8) is 0 Å². The second-order valence-corrected chi connectivity index (χ2v) is 10.5. The second-order valence-electron chi connectivity index (χ2n) is 10.5. The number of rotatable bonds is 7. The number of aromatic nitrogens is 3. The molecule has 3 saturated carbocycles. The van der Waals surface area contributed by atoms with Crippen LogP contribution >= 0.6 is 0 Å². The van der Waals surface area contributed by atoms with Crippen molar-refractivity contribution in [2.75, 3.05) is 20.3 Å². The Bertz CT molecular complexity index is 1260. The average molecular weight is 496 g/mol. The van der Waals surface area contributed by atoms with Crippen molar-refractivity contribution < 1.29 is 29.0 Å². The molecule has 4 heterocycles. The van der Waals surface area contributed by atoms with E-state index in [2.05, 4.69) is 20.3 Å². The summed E-state index contributed by atoms with van der Waals surface area (Å²) in [6.07, 6.45) is 8.45. The molecule has 1 aliphatic heterocycles. The normalized spacial score (nSPS) is 25.6. The number of nitrogens with two attached hydrogens (primary N) is 1. The van der Waals surface area contributed by atoms with Crippen molar-refractivity contribution in [3.05, 3.63) is 47.7 Å². The molecule has 0 spiro atoms. The molecule has 190 valence electrons. The molecule has 2 bridgehead atoms. The van der Waals surface area contributed by atoms with Crippen LogP contribution in [-0.2, 0) is 13.0 Å². The Kier molecular flexibility index (Phi) is 5.92. The summed E-state index contributed by atoms with van der Waals surface area (Å²) in [5.74, 6) is 1.46. The molecule has 36 heavy (non-hydrogen) atoms. The Labute approximate surface area is 209 Å². The molecule has 3 aliphatic carbocycles. The minimum Gasteiger partial charge on any atom is -0.486 e. The van der Waals surface area contributed by atoms with Crippen LogP contribution in [0.25, 0.3) is 11.0 Å². The van der Waals surface area contributed by atoms with Gasteiger partial charge in [0.25, 0.3) is 0 Å². The van der Waals surface area contributed by atoms with Crippen molar-refractivity contribution >= 4 is 11.0 Å². The highest BCUT2D eigenvalue weighted by Gasteiger charge is 2.53. The first kappa shape index (κ1) is 23.4. The lowest BCUT2D eigenvalue weighted by atomic mass is 9.54. The van der Waals surface area contributed by atoms with Crippen molar-refractivity contribution in [3.8, 4) is 17.4 Å². The fourth-order valence-electron chi connectivity index (χ4n) is 6.27. The summed E-state index contributed by atoms with van der Waals surface area (Å²) >= 11 is 0. The molecule has 3 N–H and O–H groups in total.